The van der Waals surface area contributed by atoms with Crippen molar-refractivity contribution in [1.82, 2.24) is 10.2 Å². The summed E-state index contributed by atoms with van der Waals surface area (Å²) in [5.74, 6) is 0.0237. The third kappa shape index (κ3) is 8.48. The molecule has 1 N–H and O–H groups in total. The molecule has 3 aromatic carbocycles. The molecule has 0 aromatic heterocycles. The number of nitrogens with one attached hydrogen (secondary N) is 1. The molecular formula is C37H43F3N2O6S. The SMILES string of the molecule is C[C@H](Oc1ccc(S(C)(=O)=O)cc1C(=O)N1Cc2ccc(C3CCCOC3)cc2C1)C(F)(F)F.c1cc2c(cc1C1CCCOC1)CNC2. The van der Waals surface area contributed by atoms with Gasteiger partial charge in [-0.05, 0) is 84.2 Å². The first-order valence-corrected chi connectivity index (χ1v) is 18.7. The molecular weight excluding hydrogens is 657 g/mol. The first-order valence-electron chi connectivity index (χ1n) is 16.8. The van der Waals surface area contributed by atoms with Gasteiger partial charge in [-0.3, -0.25) is 4.79 Å². The maximum atomic E-state index is 13.4. The van der Waals surface area contributed by atoms with Crippen molar-refractivity contribution >= 4 is 15.7 Å². The Kier molecular flexibility index (Phi) is 10.7. The molecule has 12 heteroatoms. The van der Waals surface area contributed by atoms with Crippen LogP contribution in [-0.2, 0) is 45.5 Å². The number of sulfone groups is 1. The molecule has 3 atom stereocenters. The van der Waals surface area contributed by atoms with Crippen molar-refractivity contribution in [3.05, 3.63) is 93.5 Å². The van der Waals surface area contributed by atoms with Crippen molar-refractivity contribution in [2.24, 2.45) is 0 Å². The van der Waals surface area contributed by atoms with Gasteiger partial charge in [0, 0.05) is 57.5 Å². The minimum absolute atomic E-state index is 0.167. The summed E-state index contributed by atoms with van der Waals surface area (Å²) in [4.78, 5) is 14.7. The molecule has 4 heterocycles. The first kappa shape index (κ1) is 35.4. The number of hydrogen-bond acceptors (Lipinski definition) is 7. The second-order valence-electron chi connectivity index (χ2n) is 13.4. The van der Waals surface area contributed by atoms with E-state index in [-0.39, 0.29) is 29.3 Å². The second kappa shape index (κ2) is 14.8. The monoisotopic (exact) mass is 700 g/mol. The van der Waals surface area contributed by atoms with Gasteiger partial charge in [0.15, 0.2) is 15.9 Å². The Morgan fingerprint density at radius 2 is 1.45 bits per heavy atom. The molecule has 8 nitrogen and oxygen atoms in total. The summed E-state index contributed by atoms with van der Waals surface area (Å²) in [6, 6.07) is 16.3. The molecule has 0 saturated carbocycles. The summed E-state index contributed by atoms with van der Waals surface area (Å²) in [6.07, 6.45) is -1.33. The number of ether oxygens (including phenoxy) is 3. The maximum Gasteiger partial charge on any atom is 0.425 e. The number of alkyl halides is 3. The van der Waals surface area contributed by atoms with Crippen molar-refractivity contribution in [1.29, 1.82) is 0 Å². The van der Waals surface area contributed by atoms with Gasteiger partial charge in [0.2, 0.25) is 0 Å². The molecule has 49 heavy (non-hydrogen) atoms. The van der Waals surface area contributed by atoms with E-state index in [1.54, 1.807) is 0 Å². The highest BCUT2D eigenvalue weighted by Crippen LogP contribution is 2.34. The lowest BCUT2D eigenvalue weighted by Crippen LogP contribution is -2.32. The van der Waals surface area contributed by atoms with Crippen LogP contribution < -0.4 is 10.1 Å². The zero-order valence-electron chi connectivity index (χ0n) is 27.9. The van der Waals surface area contributed by atoms with Crippen LogP contribution in [0.25, 0.3) is 0 Å². The number of amides is 1. The van der Waals surface area contributed by atoms with Crippen molar-refractivity contribution in [2.45, 2.75) is 87.8 Å². The Morgan fingerprint density at radius 3 is 2.04 bits per heavy atom. The van der Waals surface area contributed by atoms with E-state index in [1.807, 2.05) is 12.1 Å². The van der Waals surface area contributed by atoms with Crippen LogP contribution in [0.5, 0.6) is 5.75 Å². The molecule has 0 bridgehead atoms. The fourth-order valence-electron chi connectivity index (χ4n) is 6.83. The number of carbonyl (C=O) groups is 1. The van der Waals surface area contributed by atoms with Gasteiger partial charge < -0.3 is 24.4 Å². The van der Waals surface area contributed by atoms with Crippen LogP contribution in [0.3, 0.4) is 0 Å². The third-order valence-corrected chi connectivity index (χ3v) is 10.8. The van der Waals surface area contributed by atoms with Gasteiger partial charge in [0.1, 0.15) is 5.75 Å². The molecule has 264 valence electrons. The summed E-state index contributed by atoms with van der Waals surface area (Å²) >= 11 is 0. The number of benzene rings is 3. The molecule has 3 aromatic rings. The Morgan fingerprint density at radius 1 is 0.857 bits per heavy atom. The maximum absolute atomic E-state index is 13.4. The van der Waals surface area contributed by atoms with Gasteiger partial charge in [0.05, 0.1) is 23.7 Å². The smallest absolute Gasteiger partial charge is 0.425 e. The number of carbonyl (C=O) groups excluding carboxylic acids is 1. The normalized spacial score (nSPS) is 21.3. The minimum Gasteiger partial charge on any atom is -0.480 e. The van der Waals surface area contributed by atoms with Gasteiger partial charge in [-0.25, -0.2) is 8.42 Å². The summed E-state index contributed by atoms with van der Waals surface area (Å²) in [5, 5.41) is 3.39. The standard InChI is InChI=1S/C24H26F3NO5S.C13H17NO/c1-15(24(25,26)27)33-22-8-7-20(34(2,30)31)11-21(22)23(29)28-12-17-6-5-16(10-19(17)13-28)18-4-3-9-32-14-18;1-2-12(9-15-5-1)10-3-4-11-7-14-8-13(11)6-10/h5-8,10-11,15,18H,3-4,9,12-14H2,1-2H3;3-4,6,12,14H,1-2,5,7-9H2/t15-,18?;/m0./s1. The quantitative estimate of drug-likeness (QED) is 0.308. The number of halogens is 3. The molecule has 1 amide bonds. The van der Waals surface area contributed by atoms with Crippen LogP contribution in [0.4, 0.5) is 13.2 Å². The van der Waals surface area contributed by atoms with Gasteiger partial charge >= 0.3 is 6.18 Å². The lowest BCUT2D eigenvalue weighted by atomic mass is 9.91. The van der Waals surface area contributed by atoms with E-state index >= 15 is 0 Å². The van der Waals surface area contributed by atoms with Gasteiger partial charge in [-0.15, -0.1) is 0 Å². The highest BCUT2D eigenvalue weighted by atomic mass is 32.2. The molecule has 0 spiro atoms. The van der Waals surface area contributed by atoms with E-state index in [0.29, 0.717) is 18.4 Å². The molecule has 0 radical (unpaired) electrons. The highest BCUT2D eigenvalue weighted by Gasteiger charge is 2.39. The third-order valence-electron chi connectivity index (χ3n) is 9.74. The zero-order chi connectivity index (χ0) is 34.8. The fraction of sp³-hybridized carbons (Fsp3) is 0.486. The van der Waals surface area contributed by atoms with Gasteiger partial charge in [0.25, 0.3) is 5.91 Å². The van der Waals surface area contributed by atoms with Crippen molar-refractivity contribution in [3.8, 4) is 5.75 Å². The second-order valence-corrected chi connectivity index (χ2v) is 15.4. The van der Waals surface area contributed by atoms with E-state index in [9.17, 15) is 26.4 Å². The van der Waals surface area contributed by atoms with Gasteiger partial charge in [-0.1, -0.05) is 36.4 Å². The van der Waals surface area contributed by atoms with Crippen molar-refractivity contribution in [3.63, 3.8) is 0 Å². The predicted molar refractivity (Wildman–Crippen MR) is 178 cm³/mol. The van der Waals surface area contributed by atoms with Crippen LogP contribution >= 0.6 is 0 Å². The van der Waals surface area contributed by atoms with E-state index in [0.717, 1.165) is 93.8 Å². The van der Waals surface area contributed by atoms with Crippen molar-refractivity contribution in [2.75, 3.05) is 32.7 Å². The molecule has 2 fully saturated rings. The summed E-state index contributed by atoms with van der Waals surface area (Å²) in [6.45, 7) is 6.72. The van der Waals surface area contributed by atoms with Crippen LogP contribution in [0, 0.1) is 0 Å². The Bertz CT molecular complexity index is 1770. The van der Waals surface area contributed by atoms with E-state index in [1.165, 1.54) is 34.4 Å². The van der Waals surface area contributed by atoms with Crippen LogP contribution in [0.2, 0.25) is 0 Å². The number of hydrogen-bond donors (Lipinski definition) is 1. The molecule has 2 saturated heterocycles. The first-order chi connectivity index (χ1) is 23.4. The lowest BCUT2D eigenvalue weighted by Gasteiger charge is -2.23. The van der Waals surface area contributed by atoms with E-state index < -0.39 is 28.0 Å². The topological polar surface area (TPSA) is 94.2 Å². The summed E-state index contributed by atoms with van der Waals surface area (Å²) in [5.41, 5.74) is 7.24. The fourth-order valence-corrected chi connectivity index (χ4v) is 7.47. The van der Waals surface area contributed by atoms with Crippen LogP contribution in [0.1, 0.15) is 88.2 Å². The summed E-state index contributed by atoms with van der Waals surface area (Å²) < 4.78 is 79.5. The average Bonchev–Trinajstić information content (AvgIpc) is 3.75. The number of fused-ring (bicyclic) bond motifs is 2. The highest BCUT2D eigenvalue weighted by molar-refractivity contribution is 7.90. The zero-order valence-corrected chi connectivity index (χ0v) is 28.7. The Hall–Kier alpha value is -3.45. The number of nitrogens with zero attached hydrogens (tertiary/aromatic N) is 1. The summed E-state index contributed by atoms with van der Waals surface area (Å²) in [7, 11) is -3.69. The Balaban J connectivity index is 0.000000229. The van der Waals surface area contributed by atoms with Gasteiger partial charge in [-0.2, -0.15) is 13.2 Å². The van der Waals surface area contributed by atoms with Crippen molar-refractivity contribution < 1.29 is 40.6 Å². The van der Waals surface area contributed by atoms with E-state index in [2.05, 4.69) is 29.6 Å². The molecule has 7 rings (SSSR count). The van der Waals surface area contributed by atoms with Crippen LogP contribution in [-0.4, -0.2) is 64.2 Å². The molecule has 0 aliphatic carbocycles. The largest absolute Gasteiger partial charge is 0.480 e. The molecule has 4 aliphatic heterocycles. The predicted octanol–water partition coefficient (Wildman–Crippen LogP) is 6.65. The lowest BCUT2D eigenvalue weighted by molar-refractivity contribution is -0.189. The van der Waals surface area contributed by atoms with E-state index in [4.69, 9.17) is 14.2 Å². The minimum atomic E-state index is -4.64. The molecule has 2 unspecified atom stereocenters. The Labute approximate surface area is 285 Å². The van der Waals surface area contributed by atoms with Crippen LogP contribution in [0.15, 0.2) is 59.5 Å². The number of rotatable bonds is 6. The molecule has 4 aliphatic rings. The average molecular weight is 701 g/mol.